The Balaban J connectivity index is 2.08. The highest BCUT2D eigenvalue weighted by Crippen LogP contribution is 2.30. The quantitative estimate of drug-likeness (QED) is 0.772. The Morgan fingerprint density at radius 1 is 1.30 bits per heavy atom. The van der Waals surface area contributed by atoms with Crippen molar-refractivity contribution in [2.45, 2.75) is 52.9 Å². The van der Waals surface area contributed by atoms with Crippen LogP contribution >= 0.6 is 22.7 Å². The van der Waals surface area contributed by atoms with Gasteiger partial charge in [-0.3, -0.25) is 4.79 Å². The second-order valence-corrected chi connectivity index (χ2v) is 7.86. The Labute approximate surface area is 128 Å². The summed E-state index contributed by atoms with van der Waals surface area (Å²) in [5.41, 5.74) is 2.06. The van der Waals surface area contributed by atoms with Crippen LogP contribution in [0.3, 0.4) is 0 Å². The highest BCUT2D eigenvalue weighted by atomic mass is 32.1. The smallest absolute Gasteiger partial charge is 0.171 e. The van der Waals surface area contributed by atoms with E-state index in [1.54, 1.807) is 18.3 Å². The SMILES string of the molecule is CC(=O)c1sc(CCC(C)(C)c2csc(C)n2)nc1C. The molecule has 0 N–H and O–H groups in total. The molecule has 3 nitrogen and oxygen atoms in total. The third-order valence-corrected chi connectivity index (χ3v) is 5.53. The summed E-state index contributed by atoms with van der Waals surface area (Å²) in [6.07, 6.45) is 1.88. The van der Waals surface area contributed by atoms with Gasteiger partial charge in [0, 0.05) is 24.1 Å². The van der Waals surface area contributed by atoms with Gasteiger partial charge < -0.3 is 0 Å². The molecule has 0 aliphatic rings. The number of carbonyl (C=O) groups excluding carboxylic acids is 1. The van der Waals surface area contributed by atoms with Crippen LogP contribution in [0.25, 0.3) is 0 Å². The van der Waals surface area contributed by atoms with E-state index in [-0.39, 0.29) is 11.2 Å². The summed E-state index contributed by atoms with van der Waals surface area (Å²) in [4.78, 5) is 21.4. The number of carbonyl (C=O) groups is 1. The van der Waals surface area contributed by atoms with Gasteiger partial charge in [-0.25, -0.2) is 9.97 Å². The van der Waals surface area contributed by atoms with E-state index < -0.39 is 0 Å². The van der Waals surface area contributed by atoms with Gasteiger partial charge in [-0.1, -0.05) is 13.8 Å². The van der Waals surface area contributed by atoms with E-state index in [0.717, 1.165) is 39.1 Å². The van der Waals surface area contributed by atoms with Crippen LogP contribution in [-0.4, -0.2) is 15.8 Å². The molecular formula is C15H20N2OS2. The van der Waals surface area contributed by atoms with E-state index in [4.69, 9.17) is 0 Å². The number of ketones is 1. The Kier molecular flexibility index (Phi) is 4.39. The van der Waals surface area contributed by atoms with Crippen molar-refractivity contribution in [1.29, 1.82) is 0 Å². The van der Waals surface area contributed by atoms with Gasteiger partial charge in [0.2, 0.25) is 0 Å². The first-order chi connectivity index (χ1) is 9.29. The summed E-state index contributed by atoms with van der Waals surface area (Å²) in [6, 6.07) is 0. The molecule has 20 heavy (non-hydrogen) atoms. The molecule has 2 aromatic heterocycles. The predicted octanol–water partition coefficient (Wildman–Crippen LogP) is 4.33. The number of hydrogen-bond acceptors (Lipinski definition) is 5. The lowest BCUT2D eigenvalue weighted by Crippen LogP contribution is -2.18. The molecule has 2 aromatic rings. The van der Waals surface area contributed by atoms with Gasteiger partial charge >= 0.3 is 0 Å². The molecule has 108 valence electrons. The van der Waals surface area contributed by atoms with Gasteiger partial charge in [0.25, 0.3) is 0 Å². The van der Waals surface area contributed by atoms with Crippen molar-refractivity contribution in [3.63, 3.8) is 0 Å². The monoisotopic (exact) mass is 308 g/mol. The van der Waals surface area contributed by atoms with Crippen LogP contribution in [0.4, 0.5) is 0 Å². The Morgan fingerprint density at radius 2 is 2.00 bits per heavy atom. The van der Waals surface area contributed by atoms with Crippen LogP contribution in [0.2, 0.25) is 0 Å². The topological polar surface area (TPSA) is 42.9 Å². The van der Waals surface area contributed by atoms with Gasteiger partial charge in [-0.2, -0.15) is 0 Å². The summed E-state index contributed by atoms with van der Waals surface area (Å²) in [6.45, 7) is 9.98. The van der Waals surface area contributed by atoms with Crippen molar-refractivity contribution in [1.82, 2.24) is 9.97 Å². The average molecular weight is 308 g/mol. The lowest BCUT2D eigenvalue weighted by molar-refractivity contribution is 0.102. The van der Waals surface area contributed by atoms with Crippen molar-refractivity contribution in [3.05, 3.63) is 31.7 Å². The highest BCUT2D eigenvalue weighted by molar-refractivity contribution is 7.13. The molecule has 0 aliphatic carbocycles. The maximum atomic E-state index is 11.5. The maximum absolute atomic E-state index is 11.5. The summed E-state index contributed by atoms with van der Waals surface area (Å²) >= 11 is 3.22. The first-order valence-corrected chi connectivity index (χ1v) is 8.39. The fraction of sp³-hybridized carbons (Fsp3) is 0.533. The molecule has 0 fully saturated rings. The van der Waals surface area contributed by atoms with Crippen molar-refractivity contribution in [2.24, 2.45) is 0 Å². The third-order valence-electron chi connectivity index (χ3n) is 3.44. The van der Waals surface area contributed by atoms with Crippen LogP contribution in [-0.2, 0) is 11.8 Å². The van der Waals surface area contributed by atoms with Crippen LogP contribution in [0.1, 0.15) is 58.3 Å². The van der Waals surface area contributed by atoms with Gasteiger partial charge in [-0.05, 0) is 20.3 Å². The molecule has 0 amide bonds. The summed E-state index contributed by atoms with van der Waals surface area (Å²) in [5.74, 6) is 0.112. The highest BCUT2D eigenvalue weighted by Gasteiger charge is 2.24. The molecular weight excluding hydrogens is 288 g/mol. The number of rotatable bonds is 5. The molecule has 0 bridgehead atoms. The molecule has 0 saturated heterocycles. The number of hydrogen-bond donors (Lipinski definition) is 0. The average Bonchev–Trinajstić information content (AvgIpc) is 2.93. The fourth-order valence-electron chi connectivity index (χ4n) is 2.11. The van der Waals surface area contributed by atoms with Crippen LogP contribution in [0, 0.1) is 13.8 Å². The normalized spacial score (nSPS) is 11.8. The molecule has 2 heterocycles. The molecule has 0 saturated carbocycles. The van der Waals surface area contributed by atoms with E-state index in [1.807, 2.05) is 13.8 Å². The predicted molar refractivity (Wildman–Crippen MR) is 85.1 cm³/mol. The standard InChI is InChI=1S/C15H20N2OS2/c1-9-14(10(2)18)20-13(16-9)6-7-15(4,5)12-8-19-11(3)17-12/h8H,6-7H2,1-5H3. The van der Waals surface area contributed by atoms with E-state index in [1.165, 1.54) is 11.3 Å². The molecule has 0 unspecified atom stereocenters. The van der Waals surface area contributed by atoms with Crippen LogP contribution < -0.4 is 0 Å². The van der Waals surface area contributed by atoms with Crippen molar-refractivity contribution < 1.29 is 4.79 Å². The molecule has 5 heteroatoms. The Morgan fingerprint density at radius 3 is 2.50 bits per heavy atom. The largest absolute Gasteiger partial charge is 0.294 e. The van der Waals surface area contributed by atoms with Gasteiger partial charge in [-0.15, -0.1) is 22.7 Å². The number of nitrogens with zero attached hydrogens (tertiary/aromatic N) is 2. The van der Waals surface area contributed by atoms with Crippen molar-refractivity contribution >= 4 is 28.5 Å². The Hall–Kier alpha value is -1.07. The molecule has 0 aromatic carbocycles. The van der Waals surface area contributed by atoms with E-state index >= 15 is 0 Å². The zero-order valence-corrected chi connectivity index (χ0v) is 14.2. The first-order valence-electron chi connectivity index (χ1n) is 6.69. The minimum atomic E-state index is 0.0424. The Bertz CT molecular complexity index is 626. The molecule has 0 atom stereocenters. The molecule has 0 radical (unpaired) electrons. The van der Waals surface area contributed by atoms with Crippen molar-refractivity contribution in [2.75, 3.05) is 0 Å². The summed E-state index contributed by atoms with van der Waals surface area (Å²) < 4.78 is 0. The number of Topliss-reactive ketones (excluding diaryl/α,β-unsaturated/α-hetero) is 1. The van der Waals surface area contributed by atoms with Gasteiger partial charge in [0.15, 0.2) is 5.78 Å². The zero-order valence-electron chi connectivity index (χ0n) is 12.6. The number of aryl methyl sites for hydroxylation is 3. The minimum absolute atomic E-state index is 0.0424. The van der Waals surface area contributed by atoms with Gasteiger partial charge in [0.1, 0.15) is 0 Å². The van der Waals surface area contributed by atoms with Crippen molar-refractivity contribution in [3.8, 4) is 0 Å². The van der Waals surface area contributed by atoms with E-state index in [2.05, 4.69) is 29.2 Å². The third kappa shape index (κ3) is 3.33. The minimum Gasteiger partial charge on any atom is -0.294 e. The lowest BCUT2D eigenvalue weighted by atomic mass is 9.85. The first kappa shape index (κ1) is 15.3. The number of aromatic nitrogens is 2. The van der Waals surface area contributed by atoms with E-state index in [9.17, 15) is 4.79 Å². The molecule has 0 aliphatic heterocycles. The van der Waals surface area contributed by atoms with Gasteiger partial charge in [0.05, 0.1) is 26.3 Å². The zero-order chi connectivity index (χ0) is 14.9. The van der Waals surface area contributed by atoms with Crippen LogP contribution in [0.15, 0.2) is 5.38 Å². The second kappa shape index (κ2) is 5.74. The lowest BCUT2D eigenvalue weighted by Gasteiger charge is -2.21. The van der Waals surface area contributed by atoms with Crippen LogP contribution in [0.5, 0.6) is 0 Å². The second-order valence-electron chi connectivity index (χ2n) is 5.71. The summed E-state index contributed by atoms with van der Waals surface area (Å²) in [5, 5.41) is 4.30. The fourth-order valence-corrected chi connectivity index (χ4v) is 3.87. The van der Waals surface area contributed by atoms with E-state index in [0.29, 0.717) is 0 Å². The molecule has 0 spiro atoms. The molecule has 2 rings (SSSR count). The summed E-state index contributed by atoms with van der Waals surface area (Å²) in [7, 11) is 0. The maximum Gasteiger partial charge on any atom is 0.171 e. The number of thiazole rings is 2.